The fourth-order valence-electron chi connectivity index (χ4n) is 1.60. The number of aromatic nitrogens is 2. The number of ether oxygens (including phenoxy) is 1. The monoisotopic (exact) mass is 260 g/mol. The largest absolute Gasteiger partial charge is 0.464 e. The zero-order chi connectivity index (χ0) is 14.0. The SMILES string of the molecule is COC(=O)c1c(N)c(C#N)nn1-c1ccccc1F. The lowest BCUT2D eigenvalue weighted by atomic mass is 10.2. The van der Waals surface area contributed by atoms with Crippen LogP contribution in [0.3, 0.4) is 0 Å². The fourth-order valence-corrected chi connectivity index (χ4v) is 1.60. The van der Waals surface area contributed by atoms with Crippen molar-refractivity contribution in [2.75, 3.05) is 12.8 Å². The third-order valence-electron chi connectivity index (χ3n) is 2.49. The Balaban J connectivity index is 2.74. The number of rotatable bonds is 2. The Bertz CT molecular complexity index is 688. The fraction of sp³-hybridized carbons (Fsp3) is 0.0833. The zero-order valence-corrected chi connectivity index (χ0v) is 9.92. The van der Waals surface area contributed by atoms with Crippen LogP contribution in [0.2, 0.25) is 0 Å². The molecule has 2 rings (SSSR count). The summed E-state index contributed by atoms with van der Waals surface area (Å²) in [5, 5.41) is 12.7. The van der Waals surface area contributed by atoms with E-state index in [1.54, 1.807) is 12.1 Å². The van der Waals surface area contributed by atoms with Gasteiger partial charge in [0.2, 0.25) is 0 Å². The smallest absolute Gasteiger partial charge is 0.359 e. The van der Waals surface area contributed by atoms with Crippen LogP contribution in [-0.2, 0) is 4.74 Å². The number of carbonyl (C=O) groups is 1. The number of anilines is 1. The number of methoxy groups -OCH3 is 1. The molecule has 19 heavy (non-hydrogen) atoms. The summed E-state index contributed by atoms with van der Waals surface area (Å²) < 4.78 is 19.3. The van der Waals surface area contributed by atoms with E-state index < -0.39 is 11.8 Å². The number of nitriles is 1. The van der Waals surface area contributed by atoms with Gasteiger partial charge in [-0.15, -0.1) is 0 Å². The first kappa shape index (κ1) is 12.6. The van der Waals surface area contributed by atoms with Crippen LogP contribution in [0.4, 0.5) is 10.1 Å². The van der Waals surface area contributed by atoms with Crippen LogP contribution >= 0.6 is 0 Å². The lowest BCUT2D eigenvalue weighted by Crippen LogP contribution is -2.13. The molecule has 0 amide bonds. The van der Waals surface area contributed by atoms with Gasteiger partial charge in [0, 0.05) is 0 Å². The molecule has 2 N–H and O–H groups in total. The minimum atomic E-state index is -0.797. The van der Waals surface area contributed by atoms with Crippen LogP contribution in [0.25, 0.3) is 5.69 Å². The molecule has 0 radical (unpaired) electrons. The maximum Gasteiger partial charge on any atom is 0.359 e. The van der Waals surface area contributed by atoms with Gasteiger partial charge in [-0.2, -0.15) is 10.4 Å². The van der Waals surface area contributed by atoms with Gasteiger partial charge < -0.3 is 10.5 Å². The van der Waals surface area contributed by atoms with E-state index in [-0.39, 0.29) is 22.8 Å². The average Bonchev–Trinajstić information content (AvgIpc) is 2.75. The molecule has 1 aromatic carbocycles. The molecule has 0 fully saturated rings. The maximum atomic E-state index is 13.7. The second-order valence-electron chi connectivity index (χ2n) is 3.58. The number of para-hydroxylation sites is 1. The summed E-state index contributed by atoms with van der Waals surface area (Å²) in [6, 6.07) is 7.43. The van der Waals surface area contributed by atoms with Gasteiger partial charge in [0.15, 0.2) is 11.4 Å². The molecule has 0 bridgehead atoms. The quantitative estimate of drug-likeness (QED) is 0.820. The highest BCUT2D eigenvalue weighted by atomic mass is 19.1. The van der Waals surface area contributed by atoms with E-state index in [0.717, 1.165) is 11.8 Å². The Morgan fingerprint density at radius 3 is 2.79 bits per heavy atom. The number of hydrogen-bond acceptors (Lipinski definition) is 5. The molecule has 1 aromatic heterocycles. The molecule has 0 atom stereocenters. The first-order valence-corrected chi connectivity index (χ1v) is 5.22. The van der Waals surface area contributed by atoms with Gasteiger partial charge >= 0.3 is 5.97 Å². The number of nitrogens with two attached hydrogens (primary N) is 1. The summed E-state index contributed by atoms with van der Waals surface area (Å²) in [6.07, 6.45) is 0. The topological polar surface area (TPSA) is 93.9 Å². The lowest BCUT2D eigenvalue weighted by Gasteiger charge is -2.06. The minimum Gasteiger partial charge on any atom is -0.464 e. The summed E-state index contributed by atoms with van der Waals surface area (Å²) in [5.41, 5.74) is 5.18. The van der Waals surface area contributed by atoms with Crippen LogP contribution in [0, 0.1) is 17.1 Å². The molecule has 0 spiro atoms. The molecule has 2 aromatic rings. The van der Waals surface area contributed by atoms with E-state index >= 15 is 0 Å². The summed E-state index contributed by atoms with van der Waals surface area (Å²) in [7, 11) is 1.16. The standard InChI is InChI=1S/C12H9FN4O2/c1-19-12(18)11-10(15)8(6-14)16-17(11)9-5-3-2-4-7(9)13/h2-5H,15H2,1H3. The predicted molar refractivity (Wildman–Crippen MR) is 64.0 cm³/mol. The molecule has 1 heterocycles. The van der Waals surface area contributed by atoms with Crippen molar-refractivity contribution in [3.8, 4) is 11.8 Å². The van der Waals surface area contributed by atoms with E-state index in [1.807, 2.05) is 0 Å². The Hall–Kier alpha value is -2.88. The third kappa shape index (κ3) is 1.99. The minimum absolute atomic E-state index is 0.0103. The molecule has 0 saturated heterocycles. The van der Waals surface area contributed by atoms with Crippen LogP contribution in [0.1, 0.15) is 16.2 Å². The van der Waals surface area contributed by atoms with E-state index in [1.165, 1.54) is 18.2 Å². The highest BCUT2D eigenvalue weighted by Crippen LogP contribution is 2.23. The van der Waals surface area contributed by atoms with Crippen molar-refractivity contribution in [1.82, 2.24) is 9.78 Å². The zero-order valence-electron chi connectivity index (χ0n) is 9.92. The molecule has 96 valence electrons. The summed E-state index contributed by atoms with van der Waals surface area (Å²) in [6.45, 7) is 0. The van der Waals surface area contributed by atoms with Crippen LogP contribution < -0.4 is 5.73 Å². The van der Waals surface area contributed by atoms with Crippen molar-refractivity contribution in [3.63, 3.8) is 0 Å². The summed E-state index contributed by atoms with van der Waals surface area (Å²) in [4.78, 5) is 11.7. The summed E-state index contributed by atoms with van der Waals surface area (Å²) in [5.74, 6) is -1.39. The Labute approximate surface area is 107 Å². The number of nitrogen functional groups attached to an aromatic ring is 1. The van der Waals surface area contributed by atoms with E-state index in [4.69, 9.17) is 11.0 Å². The molecule has 0 aliphatic carbocycles. The number of nitrogens with zero attached hydrogens (tertiary/aromatic N) is 3. The highest BCUT2D eigenvalue weighted by molar-refractivity contribution is 5.95. The molecule has 0 aliphatic heterocycles. The molecule has 7 heteroatoms. The third-order valence-corrected chi connectivity index (χ3v) is 2.49. The Morgan fingerprint density at radius 1 is 1.53 bits per heavy atom. The highest BCUT2D eigenvalue weighted by Gasteiger charge is 2.24. The van der Waals surface area contributed by atoms with Crippen molar-refractivity contribution in [2.45, 2.75) is 0 Å². The number of carbonyl (C=O) groups excluding carboxylic acids is 1. The van der Waals surface area contributed by atoms with Crippen LogP contribution in [-0.4, -0.2) is 22.9 Å². The first-order chi connectivity index (χ1) is 9.10. The van der Waals surface area contributed by atoms with Crippen LogP contribution in [0.15, 0.2) is 24.3 Å². The van der Waals surface area contributed by atoms with Gasteiger partial charge in [0.05, 0.1) is 7.11 Å². The molecular formula is C12H9FN4O2. The maximum absolute atomic E-state index is 13.7. The van der Waals surface area contributed by atoms with E-state index in [9.17, 15) is 9.18 Å². The van der Waals surface area contributed by atoms with Gasteiger partial charge in [0.25, 0.3) is 0 Å². The Kier molecular flexibility index (Phi) is 3.16. The van der Waals surface area contributed by atoms with Gasteiger partial charge in [0.1, 0.15) is 23.3 Å². The number of esters is 1. The lowest BCUT2D eigenvalue weighted by molar-refractivity contribution is 0.0591. The van der Waals surface area contributed by atoms with Gasteiger partial charge in [-0.25, -0.2) is 13.9 Å². The molecule has 0 aliphatic rings. The van der Waals surface area contributed by atoms with E-state index in [2.05, 4.69) is 9.84 Å². The van der Waals surface area contributed by atoms with Crippen LogP contribution in [0.5, 0.6) is 0 Å². The molecule has 0 saturated carbocycles. The number of benzene rings is 1. The van der Waals surface area contributed by atoms with Crippen molar-refractivity contribution in [1.29, 1.82) is 5.26 Å². The second-order valence-corrected chi connectivity index (χ2v) is 3.58. The van der Waals surface area contributed by atoms with Crippen molar-refractivity contribution >= 4 is 11.7 Å². The first-order valence-electron chi connectivity index (χ1n) is 5.22. The summed E-state index contributed by atoms with van der Waals surface area (Å²) >= 11 is 0. The van der Waals surface area contributed by atoms with Gasteiger partial charge in [-0.3, -0.25) is 0 Å². The molecular weight excluding hydrogens is 251 g/mol. The van der Waals surface area contributed by atoms with E-state index in [0.29, 0.717) is 0 Å². The normalized spacial score (nSPS) is 9.95. The molecule has 6 nitrogen and oxygen atoms in total. The predicted octanol–water partition coefficient (Wildman–Crippen LogP) is 1.25. The number of halogens is 1. The Morgan fingerprint density at radius 2 is 2.21 bits per heavy atom. The average molecular weight is 260 g/mol. The molecule has 0 unspecified atom stereocenters. The van der Waals surface area contributed by atoms with Crippen molar-refractivity contribution in [2.24, 2.45) is 0 Å². The van der Waals surface area contributed by atoms with Gasteiger partial charge in [-0.05, 0) is 12.1 Å². The number of hydrogen-bond donors (Lipinski definition) is 1. The van der Waals surface area contributed by atoms with Crippen molar-refractivity contribution in [3.05, 3.63) is 41.5 Å². The van der Waals surface area contributed by atoms with Gasteiger partial charge in [-0.1, -0.05) is 12.1 Å². The van der Waals surface area contributed by atoms with Crippen molar-refractivity contribution < 1.29 is 13.9 Å². The second kappa shape index (κ2) is 4.78.